The Bertz CT molecular complexity index is 685. The molecule has 108 valence electrons. The molecule has 21 heavy (non-hydrogen) atoms. The van der Waals surface area contributed by atoms with Crippen molar-refractivity contribution in [1.82, 2.24) is 0 Å². The number of hydrogen-bond acceptors (Lipinski definition) is 5. The fourth-order valence-corrected chi connectivity index (χ4v) is 2.41. The molecule has 2 aromatic carbocycles. The lowest BCUT2D eigenvalue weighted by atomic mass is 10.1. The summed E-state index contributed by atoms with van der Waals surface area (Å²) in [7, 11) is 1.34. The molecule has 5 heteroatoms. The number of nitrogens with one attached hydrogen (secondary N) is 1. The molecule has 1 heterocycles. The van der Waals surface area contributed by atoms with E-state index in [1.165, 1.54) is 7.11 Å². The third-order valence-electron chi connectivity index (χ3n) is 3.50. The minimum Gasteiger partial charge on any atom is -0.491 e. The van der Waals surface area contributed by atoms with Gasteiger partial charge in [-0.3, -0.25) is 0 Å². The molecule has 2 aromatic rings. The topological polar surface area (TPSA) is 73.6 Å². The zero-order valence-corrected chi connectivity index (χ0v) is 11.6. The number of fused-ring (bicyclic) bond motifs is 1. The Morgan fingerprint density at radius 1 is 1.33 bits per heavy atom. The van der Waals surface area contributed by atoms with Crippen LogP contribution in [-0.4, -0.2) is 19.7 Å². The third-order valence-corrected chi connectivity index (χ3v) is 3.50. The monoisotopic (exact) mass is 284 g/mol. The molecule has 5 nitrogen and oxygen atoms in total. The lowest BCUT2D eigenvalue weighted by Gasteiger charge is -2.15. The van der Waals surface area contributed by atoms with Crippen molar-refractivity contribution in [2.75, 3.05) is 24.8 Å². The summed E-state index contributed by atoms with van der Waals surface area (Å²) in [6, 6.07) is 13.0. The Morgan fingerprint density at radius 3 is 2.90 bits per heavy atom. The summed E-state index contributed by atoms with van der Waals surface area (Å²) in [5.74, 6) is 0.488. The molecule has 0 bridgehead atoms. The van der Waals surface area contributed by atoms with E-state index in [1.54, 1.807) is 18.2 Å². The largest absolute Gasteiger partial charge is 0.491 e. The number of rotatable bonds is 3. The highest BCUT2D eigenvalue weighted by Gasteiger charge is 2.24. The SMILES string of the molecule is COC(=O)c1ccc(NC2COc3ccccc32)c(N)c1. The second-order valence-electron chi connectivity index (χ2n) is 4.84. The molecule has 0 saturated heterocycles. The van der Waals surface area contributed by atoms with Crippen LogP contribution in [0.4, 0.5) is 11.4 Å². The van der Waals surface area contributed by atoms with Crippen LogP contribution >= 0.6 is 0 Å². The zero-order valence-electron chi connectivity index (χ0n) is 11.6. The molecule has 1 aliphatic rings. The van der Waals surface area contributed by atoms with Crippen LogP contribution < -0.4 is 15.8 Å². The average molecular weight is 284 g/mol. The van der Waals surface area contributed by atoms with Crippen molar-refractivity contribution < 1.29 is 14.3 Å². The van der Waals surface area contributed by atoms with Crippen molar-refractivity contribution in [3.05, 3.63) is 53.6 Å². The van der Waals surface area contributed by atoms with Gasteiger partial charge in [-0.15, -0.1) is 0 Å². The predicted molar refractivity (Wildman–Crippen MR) is 80.5 cm³/mol. The number of benzene rings is 2. The number of para-hydroxylation sites is 1. The number of esters is 1. The highest BCUT2D eigenvalue weighted by molar-refractivity contribution is 5.91. The van der Waals surface area contributed by atoms with Crippen LogP contribution in [0.3, 0.4) is 0 Å². The average Bonchev–Trinajstić information content (AvgIpc) is 2.92. The summed E-state index contributed by atoms with van der Waals surface area (Å²) in [6.07, 6.45) is 0. The Hall–Kier alpha value is -2.69. The lowest BCUT2D eigenvalue weighted by molar-refractivity contribution is 0.0601. The number of nitrogens with two attached hydrogens (primary N) is 1. The Kier molecular flexibility index (Phi) is 3.39. The maximum Gasteiger partial charge on any atom is 0.337 e. The number of hydrogen-bond donors (Lipinski definition) is 2. The summed E-state index contributed by atoms with van der Waals surface area (Å²) in [6.45, 7) is 0.553. The van der Waals surface area contributed by atoms with Gasteiger partial charge in [-0.1, -0.05) is 18.2 Å². The number of ether oxygens (including phenoxy) is 2. The van der Waals surface area contributed by atoms with E-state index in [9.17, 15) is 4.79 Å². The van der Waals surface area contributed by atoms with Crippen molar-refractivity contribution in [2.45, 2.75) is 6.04 Å². The van der Waals surface area contributed by atoms with Gasteiger partial charge in [0.05, 0.1) is 30.1 Å². The summed E-state index contributed by atoms with van der Waals surface area (Å²) in [5, 5.41) is 3.35. The molecular formula is C16H16N2O3. The van der Waals surface area contributed by atoms with Gasteiger partial charge in [0, 0.05) is 5.56 Å². The first-order chi connectivity index (χ1) is 10.2. The fraction of sp³-hybridized carbons (Fsp3) is 0.188. The van der Waals surface area contributed by atoms with Crippen LogP contribution in [0.2, 0.25) is 0 Å². The van der Waals surface area contributed by atoms with Gasteiger partial charge in [0.15, 0.2) is 0 Å². The zero-order chi connectivity index (χ0) is 14.8. The van der Waals surface area contributed by atoms with E-state index >= 15 is 0 Å². The van der Waals surface area contributed by atoms with E-state index in [-0.39, 0.29) is 6.04 Å². The maximum atomic E-state index is 11.5. The molecule has 3 rings (SSSR count). The van der Waals surface area contributed by atoms with Crippen molar-refractivity contribution >= 4 is 17.3 Å². The van der Waals surface area contributed by atoms with E-state index < -0.39 is 5.97 Å². The van der Waals surface area contributed by atoms with Crippen LogP contribution in [-0.2, 0) is 4.74 Å². The van der Waals surface area contributed by atoms with Gasteiger partial charge in [0.25, 0.3) is 0 Å². The van der Waals surface area contributed by atoms with Crippen LogP contribution in [0.25, 0.3) is 0 Å². The second kappa shape index (κ2) is 5.36. The van der Waals surface area contributed by atoms with Gasteiger partial charge in [-0.2, -0.15) is 0 Å². The first-order valence-electron chi connectivity index (χ1n) is 6.65. The van der Waals surface area contributed by atoms with Gasteiger partial charge in [0.2, 0.25) is 0 Å². The summed E-state index contributed by atoms with van der Waals surface area (Å²) in [5.41, 5.74) is 8.81. The summed E-state index contributed by atoms with van der Waals surface area (Å²) in [4.78, 5) is 11.5. The van der Waals surface area contributed by atoms with Crippen LogP contribution in [0.15, 0.2) is 42.5 Å². The van der Waals surface area contributed by atoms with Crippen LogP contribution in [0.1, 0.15) is 22.0 Å². The van der Waals surface area contributed by atoms with Gasteiger partial charge in [-0.25, -0.2) is 4.79 Å². The molecule has 1 unspecified atom stereocenters. The third kappa shape index (κ3) is 2.50. The lowest BCUT2D eigenvalue weighted by Crippen LogP contribution is -2.13. The first kappa shape index (κ1) is 13.3. The molecule has 0 aromatic heterocycles. The molecule has 0 saturated carbocycles. The fourth-order valence-electron chi connectivity index (χ4n) is 2.41. The number of anilines is 2. The highest BCUT2D eigenvalue weighted by atomic mass is 16.5. The molecule has 0 fully saturated rings. The van der Waals surface area contributed by atoms with E-state index in [2.05, 4.69) is 10.1 Å². The molecule has 0 radical (unpaired) electrons. The van der Waals surface area contributed by atoms with Gasteiger partial charge < -0.3 is 20.5 Å². The van der Waals surface area contributed by atoms with Crippen molar-refractivity contribution in [3.63, 3.8) is 0 Å². The van der Waals surface area contributed by atoms with Crippen molar-refractivity contribution in [3.8, 4) is 5.75 Å². The summed E-state index contributed by atoms with van der Waals surface area (Å²) < 4.78 is 10.3. The summed E-state index contributed by atoms with van der Waals surface area (Å²) >= 11 is 0. The number of carbonyl (C=O) groups excluding carboxylic acids is 1. The highest BCUT2D eigenvalue weighted by Crippen LogP contribution is 2.35. The molecule has 0 aliphatic carbocycles. The van der Waals surface area contributed by atoms with Gasteiger partial charge in [-0.05, 0) is 24.3 Å². The number of methoxy groups -OCH3 is 1. The predicted octanol–water partition coefficient (Wildman–Crippen LogP) is 2.60. The number of carbonyl (C=O) groups is 1. The van der Waals surface area contributed by atoms with Crippen molar-refractivity contribution in [1.29, 1.82) is 0 Å². The first-order valence-corrected chi connectivity index (χ1v) is 6.65. The smallest absolute Gasteiger partial charge is 0.337 e. The minimum absolute atomic E-state index is 0.0486. The quantitative estimate of drug-likeness (QED) is 0.669. The Labute approximate surface area is 122 Å². The van der Waals surface area contributed by atoms with Gasteiger partial charge in [0.1, 0.15) is 12.4 Å². The minimum atomic E-state index is -0.400. The molecule has 0 spiro atoms. The van der Waals surface area contributed by atoms with Crippen LogP contribution in [0, 0.1) is 0 Å². The molecule has 1 aliphatic heterocycles. The molecule has 0 amide bonds. The molecular weight excluding hydrogens is 268 g/mol. The second-order valence-corrected chi connectivity index (χ2v) is 4.84. The standard InChI is InChI=1S/C16H16N2O3/c1-20-16(19)10-6-7-13(12(17)8-10)18-14-9-21-15-5-3-2-4-11(14)15/h2-8,14,18H,9,17H2,1H3. The van der Waals surface area contributed by atoms with E-state index in [0.717, 1.165) is 17.0 Å². The normalized spacial score (nSPS) is 16.0. The van der Waals surface area contributed by atoms with E-state index in [1.807, 2.05) is 24.3 Å². The van der Waals surface area contributed by atoms with E-state index in [4.69, 9.17) is 10.5 Å². The molecule has 1 atom stereocenters. The van der Waals surface area contributed by atoms with Gasteiger partial charge >= 0.3 is 5.97 Å². The molecule has 3 N–H and O–H groups in total. The van der Waals surface area contributed by atoms with E-state index in [0.29, 0.717) is 17.9 Å². The van der Waals surface area contributed by atoms with Crippen LogP contribution in [0.5, 0.6) is 5.75 Å². The Balaban J connectivity index is 1.82. The Morgan fingerprint density at radius 2 is 2.14 bits per heavy atom. The maximum absolute atomic E-state index is 11.5. The number of nitrogen functional groups attached to an aromatic ring is 1. The van der Waals surface area contributed by atoms with Crippen molar-refractivity contribution in [2.24, 2.45) is 0 Å².